The van der Waals surface area contributed by atoms with Gasteiger partial charge < -0.3 is 16.0 Å². The second-order valence-corrected chi connectivity index (χ2v) is 6.18. The summed E-state index contributed by atoms with van der Waals surface area (Å²) in [5.41, 5.74) is 5.72. The molecule has 112 valence electrons. The number of hydrogen-bond acceptors (Lipinski definition) is 3. The molecule has 0 radical (unpaired) electrons. The number of carbonyl (C=O) groups is 1. The van der Waals surface area contributed by atoms with Gasteiger partial charge in [0.1, 0.15) is 0 Å². The van der Waals surface area contributed by atoms with Crippen LogP contribution in [0.1, 0.15) is 52.4 Å². The monoisotopic (exact) mass is 269 g/mol. The van der Waals surface area contributed by atoms with Gasteiger partial charge in [0, 0.05) is 24.5 Å². The zero-order valence-electron chi connectivity index (χ0n) is 12.8. The number of likely N-dealkylation sites (tertiary alicyclic amines) is 1. The molecule has 1 fully saturated rings. The first kappa shape index (κ1) is 16.4. The average Bonchev–Trinajstić information content (AvgIpc) is 2.36. The zero-order valence-corrected chi connectivity index (χ0v) is 12.8. The molecule has 3 atom stereocenters. The normalized spacial score (nSPS) is 23.9. The van der Waals surface area contributed by atoms with Crippen LogP contribution in [0.3, 0.4) is 0 Å². The Morgan fingerprint density at radius 2 is 2.11 bits per heavy atom. The van der Waals surface area contributed by atoms with Crippen LogP contribution in [0.2, 0.25) is 0 Å². The standard InChI is InChI=1S/C15H31N3O/c1-12(7-6-8-13(2)16)15(19)17-11-14-9-4-5-10-18(14)3/h12-14H,4-11,16H2,1-3H3,(H,17,19). The lowest BCUT2D eigenvalue weighted by atomic mass is 10.00. The van der Waals surface area contributed by atoms with Crippen LogP contribution in [0.4, 0.5) is 0 Å². The molecule has 4 nitrogen and oxygen atoms in total. The molecule has 4 heteroatoms. The maximum absolute atomic E-state index is 12.0. The summed E-state index contributed by atoms with van der Waals surface area (Å²) in [6.07, 6.45) is 6.76. The highest BCUT2D eigenvalue weighted by atomic mass is 16.1. The van der Waals surface area contributed by atoms with Crippen molar-refractivity contribution in [2.45, 2.75) is 64.5 Å². The number of nitrogens with zero attached hydrogens (tertiary/aromatic N) is 1. The van der Waals surface area contributed by atoms with Gasteiger partial charge in [0.2, 0.25) is 5.91 Å². The molecule has 0 bridgehead atoms. The Labute approximate surface area is 118 Å². The van der Waals surface area contributed by atoms with Crippen LogP contribution in [0.25, 0.3) is 0 Å². The zero-order chi connectivity index (χ0) is 14.3. The van der Waals surface area contributed by atoms with Gasteiger partial charge in [-0.25, -0.2) is 0 Å². The molecule has 1 saturated heterocycles. The van der Waals surface area contributed by atoms with E-state index in [1.165, 1.54) is 19.3 Å². The molecule has 0 spiro atoms. The van der Waals surface area contributed by atoms with Crippen molar-refractivity contribution in [2.24, 2.45) is 11.7 Å². The molecule has 0 aromatic carbocycles. The van der Waals surface area contributed by atoms with E-state index in [0.717, 1.165) is 32.4 Å². The van der Waals surface area contributed by atoms with Crippen molar-refractivity contribution in [3.8, 4) is 0 Å². The molecule has 0 saturated carbocycles. The predicted molar refractivity (Wildman–Crippen MR) is 79.9 cm³/mol. The van der Waals surface area contributed by atoms with Gasteiger partial charge in [-0.3, -0.25) is 4.79 Å². The van der Waals surface area contributed by atoms with E-state index in [1.807, 2.05) is 13.8 Å². The van der Waals surface area contributed by atoms with Gasteiger partial charge in [-0.2, -0.15) is 0 Å². The van der Waals surface area contributed by atoms with Crippen molar-refractivity contribution < 1.29 is 4.79 Å². The van der Waals surface area contributed by atoms with E-state index in [2.05, 4.69) is 17.3 Å². The minimum atomic E-state index is 0.104. The molecule has 0 aliphatic carbocycles. The summed E-state index contributed by atoms with van der Waals surface area (Å²) in [5.74, 6) is 0.302. The summed E-state index contributed by atoms with van der Waals surface area (Å²) in [5, 5.41) is 3.11. The van der Waals surface area contributed by atoms with Gasteiger partial charge in [0.05, 0.1) is 0 Å². The van der Waals surface area contributed by atoms with Gasteiger partial charge in [0.15, 0.2) is 0 Å². The number of likely N-dealkylation sites (N-methyl/N-ethyl adjacent to an activating group) is 1. The number of rotatable bonds is 7. The van der Waals surface area contributed by atoms with E-state index < -0.39 is 0 Å². The first-order valence-corrected chi connectivity index (χ1v) is 7.74. The van der Waals surface area contributed by atoms with E-state index in [-0.39, 0.29) is 17.9 Å². The molecule has 1 aliphatic rings. The molecule has 1 heterocycles. The van der Waals surface area contributed by atoms with E-state index in [4.69, 9.17) is 5.73 Å². The summed E-state index contributed by atoms with van der Waals surface area (Å²) >= 11 is 0. The number of carbonyl (C=O) groups excluding carboxylic acids is 1. The molecule has 3 N–H and O–H groups in total. The van der Waals surface area contributed by atoms with Crippen LogP contribution >= 0.6 is 0 Å². The molecule has 1 amide bonds. The maximum Gasteiger partial charge on any atom is 0.222 e. The van der Waals surface area contributed by atoms with Crippen LogP contribution in [0.15, 0.2) is 0 Å². The third kappa shape index (κ3) is 6.39. The van der Waals surface area contributed by atoms with Crippen LogP contribution in [0, 0.1) is 5.92 Å². The minimum Gasteiger partial charge on any atom is -0.354 e. The van der Waals surface area contributed by atoms with Crippen LogP contribution < -0.4 is 11.1 Å². The smallest absolute Gasteiger partial charge is 0.222 e. The predicted octanol–water partition coefficient (Wildman–Crippen LogP) is 1.74. The third-order valence-electron chi connectivity index (χ3n) is 4.18. The fourth-order valence-corrected chi connectivity index (χ4v) is 2.67. The summed E-state index contributed by atoms with van der Waals surface area (Å²) in [6, 6.07) is 0.764. The van der Waals surface area contributed by atoms with E-state index in [1.54, 1.807) is 0 Å². The van der Waals surface area contributed by atoms with Crippen molar-refractivity contribution in [3.05, 3.63) is 0 Å². The fraction of sp³-hybridized carbons (Fsp3) is 0.933. The van der Waals surface area contributed by atoms with Crippen LogP contribution in [0.5, 0.6) is 0 Å². The molecule has 1 aliphatic heterocycles. The highest BCUT2D eigenvalue weighted by Gasteiger charge is 2.20. The Morgan fingerprint density at radius 1 is 1.37 bits per heavy atom. The fourth-order valence-electron chi connectivity index (χ4n) is 2.67. The third-order valence-corrected chi connectivity index (χ3v) is 4.18. The van der Waals surface area contributed by atoms with Gasteiger partial charge >= 0.3 is 0 Å². The van der Waals surface area contributed by atoms with Gasteiger partial charge in [-0.1, -0.05) is 19.8 Å². The molecule has 0 aromatic rings. The summed E-state index contributed by atoms with van der Waals surface area (Å²) in [6.45, 7) is 5.99. The largest absolute Gasteiger partial charge is 0.354 e. The second-order valence-electron chi connectivity index (χ2n) is 6.18. The minimum absolute atomic E-state index is 0.104. The Hall–Kier alpha value is -0.610. The topological polar surface area (TPSA) is 58.4 Å². The number of nitrogens with one attached hydrogen (secondary N) is 1. The summed E-state index contributed by atoms with van der Waals surface area (Å²) in [7, 11) is 2.15. The second kappa shape index (κ2) is 8.54. The van der Waals surface area contributed by atoms with E-state index >= 15 is 0 Å². The number of amides is 1. The lowest BCUT2D eigenvalue weighted by Crippen LogP contribution is -2.45. The van der Waals surface area contributed by atoms with Gasteiger partial charge in [-0.05, 0) is 46.2 Å². The molecular formula is C15H31N3O. The van der Waals surface area contributed by atoms with Gasteiger partial charge in [0.25, 0.3) is 0 Å². The number of piperidine rings is 1. The van der Waals surface area contributed by atoms with Crippen molar-refractivity contribution >= 4 is 5.91 Å². The molecule has 0 aromatic heterocycles. The highest BCUT2D eigenvalue weighted by Crippen LogP contribution is 2.14. The lowest BCUT2D eigenvalue weighted by molar-refractivity contribution is -0.125. The van der Waals surface area contributed by atoms with E-state index in [0.29, 0.717) is 6.04 Å². The first-order chi connectivity index (χ1) is 9.00. The van der Waals surface area contributed by atoms with E-state index in [9.17, 15) is 4.79 Å². The van der Waals surface area contributed by atoms with Crippen LogP contribution in [-0.4, -0.2) is 43.0 Å². The SMILES string of the molecule is CC(N)CCCC(C)C(=O)NCC1CCCCN1C. The molecule has 3 unspecified atom stereocenters. The summed E-state index contributed by atoms with van der Waals surface area (Å²) < 4.78 is 0. The van der Waals surface area contributed by atoms with Crippen LogP contribution in [-0.2, 0) is 4.79 Å². The van der Waals surface area contributed by atoms with Crippen molar-refractivity contribution in [1.82, 2.24) is 10.2 Å². The number of hydrogen-bond donors (Lipinski definition) is 2. The van der Waals surface area contributed by atoms with Crippen molar-refractivity contribution in [1.29, 1.82) is 0 Å². The first-order valence-electron chi connectivity index (χ1n) is 7.74. The molecule has 1 rings (SSSR count). The Bertz CT molecular complexity index is 268. The lowest BCUT2D eigenvalue weighted by Gasteiger charge is -2.32. The Kier molecular flexibility index (Phi) is 7.39. The van der Waals surface area contributed by atoms with Gasteiger partial charge in [-0.15, -0.1) is 0 Å². The quantitative estimate of drug-likeness (QED) is 0.740. The van der Waals surface area contributed by atoms with Crippen molar-refractivity contribution in [3.63, 3.8) is 0 Å². The average molecular weight is 269 g/mol. The molecule has 19 heavy (non-hydrogen) atoms. The maximum atomic E-state index is 12.0. The highest BCUT2D eigenvalue weighted by molar-refractivity contribution is 5.78. The van der Waals surface area contributed by atoms with Crippen molar-refractivity contribution in [2.75, 3.05) is 20.1 Å². The number of nitrogens with two attached hydrogens (primary N) is 1. The summed E-state index contributed by atoms with van der Waals surface area (Å²) in [4.78, 5) is 14.4. The Balaban J connectivity index is 2.18. The Morgan fingerprint density at radius 3 is 2.74 bits per heavy atom. The molecular weight excluding hydrogens is 238 g/mol.